The van der Waals surface area contributed by atoms with Crippen LogP contribution in [0.4, 0.5) is 11.5 Å². The molecule has 88 valence electrons. The Morgan fingerprint density at radius 3 is 2.88 bits per heavy atom. The third kappa shape index (κ3) is 3.18. The molecule has 5 heteroatoms. The Morgan fingerprint density at radius 2 is 2.31 bits per heavy atom. The van der Waals surface area contributed by atoms with Gasteiger partial charge in [-0.15, -0.1) is 0 Å². The van der Waals surface area contributed by atoms with E-state index >= 15 is 0 Å². The molecule has 1 unspecified atom stereocenters. The maximum Gasteiger partial charge on any atom is 0.311 e. The molecule has 0 amide bonds. The van der Waals surface area contributed by atoms with E-state index in [2.05, 4.69) is 17.2 Å². The summed E-state index contributed by atoms with van der Waals surface area (Å²) in [6.07, 6.45) is 3.63. The molecule has 0 aromatic carbocycles. The molecule has 0 spiro atoms. The number of anilines is 1. The highest BCUT2D eigenvalue weighted by molar-refractivity contribution is 5.56. The van der Waals surface area contributed by atoms with Gasteiger partial charge in [-0.05, 0) is 25.8 Å². The van der Waals surface area contributed by atoms with Gasteiger partial charge in [-0.1, -0.05) is 13.3 Å². The number of hydrogen-bond acceptors (Lipinski definition) is 4. The van der Waals surface area contributed by atoms with Crippen LogP contribution in [0, 0.1) is 17.0 Å². The molecule has 16 heavy (non-hydrogen) atoms. The van der Waals surface area contributed by atoms with Crippen LogP contribution in [0.2, 0.25) is 0 Å². The monoisotopic (exact) mass is 223 g/mol. The molecule has 1 N–H and O–H groups in total. The van der Waals surface area contributed by atoms with Gasteiger partial charge in [-0.25, -0.2) is 4.98 Å². The van der Waals surface area contributed by atoms with Gasteiger partial charge >= 0.3 is 5.69 Å². The Labute approximate surface area is 95.0 Å². The van der Waals surface area contributed by atoms with Crippen LogP contribution in [0.5, 0.6) is 0 Å². The number of aromatic nitrogens is 1. The Balaban J connectivity index is 2.90. The van der Waals surface area contributed by atoms with Crippen molar-refractivity contribution in [3.8, 4) is 0 Å². The number of pyridine rings is 1. The van der Waals surface area contributed by atoms with Crippen molar-refractivity contribution in [2.24, 2.45) is 0 Å². The SMILES string of the molecule is CCCC(C)Nc1ncc(C)cc1[N+](=O)[O-]. The van der Waals surface area contributed by atoms with E-state index in [1.807, 2.05) is 6.92 Å². The number of nitrogens with one attached hydrogen (secondary N) is 1. The zero-order chi connectivity index (χ0) is 12.1. The van der Waals surface area contributed by atoms with E-state index in [0.717, 1.165) is 18.4 Å². The highest BCUT2D eigenvalue weighted by Gasteiger charge is 2.16. The first-order valence-electron chi connectivity index (χ1n) is 5.42. The van der Waals surface area contributed by atoms with E-state index in [9.17, 15) is 10.1 Å². The van der Waals surface area contributed by atoms with E-state index in [1.54, 1.807) is 13.1 Å². The van der Waals surface area contributed by atoms with E-state index in [-0.39, 0.29) is 11.7 Å². The minimum atomic E-state index is -0.402. The standard InChI is InChI=1S/C11H17N3O2/c1-4-5-9(3)13-11-10(14(15)16)6-8(2)7-12-11/h6-7,9H,4-5H2,1-3H3,(H,12,13). The Bertz CT molecular complexity index is 379. The first-order valence-corrected chi connectivity index (χ1v) is 5.42. The minimum Gasteiger partial charge on any atom is -0.362 e. The van der Waals surface area contributed by atoms with Gasteiger partial charge in [0.05, 0.1) is 4.92 Å². The topological polar surface area (TPSA) is 68.1 Å². The molecule has 0 fully saturated rings. The number of aryl methyl sites for hydroxylation is 1. The minimum absolute atomic E-state index is 0.0444. The first kappa shape index (κ1) is 12.4. The van der Waals surface area contributed by atoms with Crippen molar-refractivity contribution in [3.63, 3.8) is 0 Å². The van der Waals surface area contributed by atoms with Crippen LogP contribution < -0.4 is 5.32 Å². The van der Waals surface area contributed by atoms with Crippen molar-refractivity contribution in [1.82, 2.24) is 4.98 Å². The highest BCUT2D eigenvalue weighted by Crippen LogP contribution is 2.23. The van der Waals surface area contributed by atoms with Crippen LogP contribution in [-0.4, -0.2) is 15.9 Å². The lowest BCUT2D eigenvalue weighted by Crippen LogP contribution is -2.16. The molecule has 5 nitrogen and oxygen atoms in total. The number of nitrogens with zero attached hydrogens (tertiary/aromatic N) is 2. The fourth-order valence-corrected chi connectivity index (χ4v) is 1.54. The summed E-state index contributed by atoms with van der Waals surface area (Å²) >= 11 is 0. The average molecular weight is 223 g/mol. The second-order valence-electron chi connectivity index (χ2n) is 3.97. The van der Waals surface area contributed by atoms with Crippen LogP contribution in [0.25, 0.3) is 0 Å². The summed E-state index contributed by atoms with van der Waals surface area (Å²) in [5.74, 6) is 0.358. The molecule has 0 aliphatic carbocycles. The van der Waals surface area contributed by atoms with Crippen molar-refractivity contribution in [2.75, 3.05) is 5.32 Å². The van der Waals surface area contributed by atoms with Crippen molar-refractivity contribution < 1.29 is 4.92 Å². The van der Waals surface area contributed by atoms with Gasteiger partial charge in [-0.3, -0.25) is 10.1 Å². The third-order valence-corrected chi connectivity index (χ3v) is 2.31. The maximum atomic E-state index is 10.8. The summed E-state index contributed by atoms with van der Waals surface area (Å²) in [6, 6.07) is 1.73. The van der Waals surface area contributed by atoms with Crippen LogP contribution in [0.1, 0.15) is 32.3 Å². The molecule has 0 saturated heterocycles. The number of hydrogen-bond donors (Lipinski definition) is 1. The van der Waals surface area contributed by atoms with Gasteiger partial charge in [0.25, 0.3) is 0 Å². The quantitative estimate of drug-likeness (QED) is 0.615. The Morgan fingerprint density at radius 1 is 1.62 bits per heavy atom. The van der Waals surface area contributed by atoms with Crippen molar-refractivity contribution >= 4 is 11.5 Å². The summed E-state index contributed by atoms with van der Waals surface area (Å²) in [5, 5.41) is 13.9. The molecule has 1 heterocycles. The second kappa shape index (κ2) is 5.44. The molecule has 0 bridgehead atoms. The van der Waals surface area contributed by atoms with Crippen molar-refractivity contribution in [2.45, 2.75) is 39.7 Å². The summed E-state index contributed by atoms with van der Waals surface area (Å²) in [4.78, 5) is 14.5. The highest BCUT2D eigenvalue weighted by atomic mass is 16.6. The molecule has 1 aromatic heterocycles. The normalized spacial score (nSPS) is 12.2. The van der Waals surface area contributed by atoms with E-state index in [1.165, 1.54) is 6.07 Å². The molecule has 0 aliphatic heterocycles. The van der Waals surface area contributed by atoms with Crippen molar-refractivity contribution in [3.05, 3.63) is 27.9 Å². The number of rotatable bonds is 5. The van der Waals surface area contributed by atoms with Gasteiger partial charge in [0.15, 0.2) is 0 Å². The van der Waals surface area contributed by atoms with E-state index in [0.29, 0.717) is 5.82 Å². The first-order chi connectivity index (χ1) is 7.54. The maximum absolute atomic E-state index is 10.8. The Kier molecular flexibility index (Phi) is 4.22. The van der Waals surface area contributed by atoms with Gasteiger partial charge < -0.3 is 5.32 Å². The molecule has 1 atom stereocenters. The zero-order valence-electron chi connectivity index (χ0n) is 9.86. The third-order valence-electron chi connectivity index (χ3n) is 2.31. The molecular weight excluding hydrogens is 206 g/mol. The van der Waals surface area contributed by atoms with Gasteiger partial charge in [-0.2, -0.15) is 0 Å². The van der Waals surface area contributed by atoms with Crippen molar-refractivity contribution in [1.29, 1.82) is 0 Å². The van der Waals surface area contributed by atoms with Crippen LogP contribution >= 0.6 is 0 Å². The lowest BCUT2D eigenvalue weighted by molar-refractivity contribution is -0.384. The van der Waals surface area contributed by atoms with Gasteiger partial charge in [0.2, 0.25) is 5.82 Å². The van der Waals surface area contributed by atoms with E-state index in [4.69, 9.17) is 0 Å². The molecule has 1 aromatic rings. The Hall–Kier alpha value is -1.65. The summed E-state index contributed by atoms with van der Waals surface area (Å²) < 4.78 is 0. The number of nitro groups is 1. The smallest absolute Gasteiger partial charge is 0.311 e. The predicted molar refractivity (Wildman–Crippen MR) is 63.6 cm³/mol. The molecule has 0 aliphatic rings. The summed E-state index contributed by atoms with van der Waals surface area (Å²) in [6.45, 7) is 5.86. The average Bonchev–Trinajstić information content (AvgIpc) is 2.20. The van der Waals surface area contributed by atoms with Crippen LogP contribution in [0.15, 0.2) is 12.3 Å². The summed E-state index contributed by atoms with van der Waals surface area (Å²) in [7, 11) is 0. The fourth-order valence-electron chi connectivity index (χ4n) is 1.54. The zero-order valence-corrected chi connectivity index (χ0v) is 9.86. The predicted octanol–water partition coefficient (Wildman–Crippen LogP) is 2.90. The summed E-state index contributed by atoms with van der Waals surface area (Å²) in [5.41, 5.74) is 0.836. The molecular formula is C11H17N3O2. The van der Waals surface area contributed by atoms with Gasteiger partial charge in [0.1, 0.15) is 0 Å². The molecule has 0 radical (unpaired) electrons. The lowest BCUT2D eigenvalue weighted by atomic mass is 10.2. The largest absolute Gasteiger partial charge is 0.362 e. The lowest BCUT2D eigenvalue weighted by Gasteiger charge is -2.13. The fraction of sp³-hybridized carbons (Fsp3) is 0.545. The van der Waals surface area contributed by atoms with E-state index < -0.39 is 4.92 Å². The second-order valence-corrected chi connectivity index (χ2v) is 3.97. The molecule has 1 rings (SSSR count). The van der Waals surface area contributed by atoms with Crippen LogP contribution in [-0.2, 0) is 0 Å². The van der Waals surface area contributed by atoms with Crippen LogP contribution in [0.3, 0.4) is 0 Å². The van der Waals surface area contributed by atoms with Gasteiger partial charge in [0, 0.05) is 18.3 Å². The molecule has 0 saturated carbocycles.